The van der Waals surface area contributed by atoms with Crippen LogP contribution in [0.3, 0.4) is 0 Å². The quantitative estimate of drug-likeness (QED) is 0.793. The summed E-state index contributed by atoms with van der Waals surface area (Å²) in [7, 11) is 0. The summed E-state index contributed by atoms with van der Waals surface area (Å²) in [6, 6.07) is 0. The molecule has 120 valence electrons. The number of ether oxygens (including phenoxy) is 1. The molecule has 1 rings (SSSR count). The number of aliphatic carboxylic acids is 1. The zero-order valence-electron chi connectivity index (χ0n) is 13.4. The molecule has 0 aromatic carbocycles. The summed E-state index contributed by atoms with van der Waals surface area (Å²) in [5.74, 6) is -1.68. The minimum absolute atomic E-state index is 0.131. The van der Waals surface area contributed by atoms with Gasteiger partial charge in [0.05, 0.1) is 0 Å². The van der Waals surface area contributed by atoms with Gasteiger partial charge in [0.25, 0.3) is 0 Å². The standard InChI is InChI=1S/C17H22O5/c1-11-6-5-7-13(16(20)21)10-15(22-12(2)18)17(3,4)9-8-14(11)19/h6,8-10,15H,5,7H2,1-4H3,(H,20,21)/b9-8+,11-6+,13-10-/t15-/m0/s1. The van der Waals surface area contributed by atoms with Crippen molar-refractivity contribution >= 4 is 17.7 Å². The average molecular weight is 306 g/mol. The molecule has 0 unspecified atom stereocenters. The van der Waals surface area contributed by atoms with Crippen LogP contribution < -0.4 is 0 Å². The fraction of sp³-hybridized carbons (Fsp3) is 0.471. The fourth-order valence-corrected chi connectivity index (χ4v) is 2.09. The predicted molar refractivity (Wildman–Crippen MR) is 82.2 cm³/mol. The minimum Gasteiger partial charge on any atom is -0.478 e. The van der Waals surface area contributed by atoms with Crippen LogP contribution in [-0.2, 0) is 19.1 Å². The lowest BCUT2D eigenvalue weighted by molar-refractivity contribution is -0.148. The molecule has 0 saturated heterocycles. The third-order valence-corrected chi connectivity index (χ3v) is 3.57. The molecule has 0 aromatic rings. The lowest BCUT2D eigenvalue weighted by atomic mass is 9.84. The first-order valence-corrected chi connectivity index (χ1v) is 7.15. The first kappa shape index (κ1) is 17.9. The molecule has 22 heavy (non-hydrogen) atoms. The van der Waals surface area contributed by atoms with Crippen LogP contribution in [-0.4, -0.2) is 28.9 Å². The van der Waals surface area contributed by atoms with Crippen molar-refractivity contribution in [1.82, 2.24) is 0 Å². The first-order valence-electron chi connectivity index (χ1n) is 7.15. The maximum atomic E-state index is 12.0. The Morgan fingerprint density at radius 3 is 2.55 bits per heavy atom. The van der Waals surface area contributed by atoms with Gasteiger partial charge in [0.1, 0.15) is 6.10 Å². The number of carbonyl (C=O) groups is 3. The van der Waals surface area contributed by atoms with Crippen molar-refractivity contribution in [2.45, 2.75) is 46.6 Å². The highest BCUT2D eigenvalue weighted by Crippen LogP contribution is 2.29. The Balaban J connectivity index is 3.33. The number of carboxylic acid groups (broad SMARTS) is 1. The van der Waals surface area contributed by atoms with Crippen molar-refractivity contribution in [2.75, 3.05) is 0 Å². The highest BCUT2D eigenvalue weighted by atomic mass is 16.5. The lowest BCUT2D eigenvalue weighted by Gasteiger charge is -2.29. The molecule has 5 nitrogen and oxygen atoms in total. The van der Waals surface area contributed by atoms with E-state index in [1.165, 1.54) is 19.1 Å². The molecular weight excluding hydrogens is 284 g/mol. The maximum Gasteiger partial charge on any atom is 0.331 e. The Morgan fingerprint density at radius 2 is 2.00 bits per heavy atom. The van der Waals surface area contributed by atoms with E-state index in [4.69, 9.17) is 4.74 Å². The van der Waals surface area contributed by atoms with Gasteiger partial charge in [-0.25, -0.2) is 4.79 Å². The van der Waals surface area contributed by atoms with Crippen molar-refractivity contribution in [3.8, 4) is 0 Å². The van der Waals surface area contributed by atoms with Crippen LogP contribution in [0, 0.1) is 5.41 Å². The van der Waals surface area contributed by atoms with E-state index in [1.807, 2.05) is 0 Å². The van der Waals surface area contributed by atoms with Crippen molar-refractivity contribution < 1.29 is 24.2 Å². The summed E-state index contributed by atoms with van der Waals surface area (Å²) in [6.07, 6.45) is 6.25. The molecule has 0 saturated carbocycles. The largest absolute Gasteiger partial charge is 0.478 e. The SMILES string of the molecule is CC(=O)O[C@H]1/C=C(\C(=O)O)CC/C=C(\C)C(=O)/C=C/C1(C)C. The Hall–Kier alpha value is -2.17. The smallest absolute Gasteiger partial charge is 0.331 e. The molecule has 0 fully saturated rings. The molecule has 0 amide bonds. The van der Waals surface area contributed by atoms with Crippen LogP contribution in [0.2, 0.25) is 0 Å². The maximum absolute atomic E-state index is 12.0. The van der Waals surface area contributed by atoms with Crippen molar-refractivity contribution in [3.63, 3.8) is 0 Å². The summed E-state index contributed by atoms with van der Waals surface area (Å²) in [4.78, 5) is 34.7. The minimum atomic E-state index is -1.05. The normalized spacial score (nSPS) is 28.4. The third-order valence-electron chi connectivity index (χ3n) is 3.57. The number of carboxylic acids is 1. The summed E-state index contributed by atoms with van der Waals surface area (Å²) in [6.45, 7) is 6.55. The van der Waals surface area contributed by atoms with E-state index in [0.29, 0.717) is 12.0 Å². The second-order valence-electron chi connectivity index (χ2n) is 5.97. The first-order chi connectivity index (χ1) is 10.1. The molecule has 1 atom stereocenters. The highest BCUT2D eigenvalue weighted by Gasteiger charge is 2.30. The summed E-state index contributed by atoms with van der Waals surface area (Å²) >= 11 is 0. The molecule has 1 aliphatic carbocycles. The fourth-order valence-electron chi connectivity index (χ4n) is 2.09. The molecule has 0 radical (unpaired) electrons. The zero-order chi connectivity index (χ0) is 16.9. The zero-order valence-corrected chi connectivity index (χ0v) is 13.4. The van der Waals surface area contributed by atoms with Gasteiger partial charge in [-0.05, 0) is 37.5 Å². The second kappa shape index (κ2) is 7.20. The van der Waals surface area contributed by atoms with Gasteiger partial charge in [-0.1, -0.05) is 26.0 Å². The number of allylic oxidation sites excluding steroid dienone is 3. The Morgan fingerprint density at radius 1 is 1.36 bits per heavy atom. The Bertz CT molecular complexity index is 564. The van der Waals surface area contributed by atoms with Crippen molar-refractivity contribution in [2.24, 2.45) is 5.41 Å². The molecule has 0 bridgehead atoms. The Labute approximate surface area is 130 Å². The summed E-state index contributed by atoms with van der Waals surface area (Å²) in [5, 5.41) is 9.31. The number of esters is 1. The van der Waals surface area contributed by atoms with E-state index in [0.717, 1.165) is 0 Å². The Kier molecular flexibility index (Phi) is 5.85. The summed E-state index contributed by atoms with van der Waals surface area (Å²) < 4.78 is 5.26. The number of rotatable bonds is 2. The third kappa shape index (κ3) is 4.98. The van der Waals surface area contributed by atoms with Gasteiger partial charge in [0.2, 0.25) is 0 Å². The average Bonchev–Trinajstić information content (AvgIpc) is 2.42. The molecule has 0 aromatic heterocycles. The molecule has 0 spiro atoms. The molecule has 1 aliphatic rings. The molecule has 5 heteroatoms. The van der Waals surface area contributed by atoms with Gasteiger partial charge in [-0.15, -0.1) is 0 Å². The van der Waals surface area contributed by atoms with Crippen LogP contribution >= 0.6 is 0 Å². The van der Waals surface area contributed by atoms with Crippen molar-refractivity contribution in [3.05, 3.63) is 35.5 Å². The van der Waals surface area contributed by atoms with Gasteiger partial charge >= 0.3 is 11.9 Å². The van der Waals surface area contributed by atoms with E-state index in [1.54, 1.807) is 32.9 Å². The van der Waals surface area contributed by atoms with Crippen LogP contribution in [0.1, 0.15) is 40.5 Å². The number of ketones is 1. The lowest BCUT2D eigenvalue weighted by Crippen LogP contribution is -2.31. The topological polar surface area (TPSA) is 80.7 Å². The molecule has 0 heterocycles. The van der Waals surface area contributed by atoms with Crippen LogP contribution in [0.15, 0.2) is 35.5 Å². The number of hydrogen-bond acceptors (Lipinski definition) is 4. The van der Waals surface area contributed by atoms with Gasteiger partial charge in [-0.2, -0.15) is 0 Å². The van der Waals surface area contributed by atoms with Crippen LogP contribution in [0.4, 0.5) is 0 Å². The molecular formula is C17H22O5. The second-order valence-corrected chi connectivity index (χ2v) is 5.97. The predicted octanol–water partition coefficient (Wildman–Crippen LogP) is 2.82. The van der Waals surface area contributed by atoms with Gasteiger partial charge in [0.15, 0.2) is 5.78 Å². The number of carbonyl (C=O) groups excluding carboxylic acids is 2. The monoisotopic (exact) mass is 306 g/mol. The van der Waals surface area contributed by atoms with Gasteiger partial charge < -0.3 is 9.84 Å². The van der Waals surface area contributed by atoms with E-state index in [2.05, 4.69) is 0 Å². The van der Waals surface area contributed by atoms with E-state index in [9.17, 15) is 19.5 Å². The molecule has 0 aliphatic heterocycles. The van der Waals surface area contributed by atoms with Gasteiger partial charge in [0, 0.05) is 17.9 Å². The molecule has 1 N–H and O–H groups in total. The van der Waals surface area contributed by atoms with Crippen LogP contribution in [0.5, 0.6) is 0 Å². The van der Waals surface area contributed by atoms with Crippen LogP contribution in [0.25, 0.3) is 0 Å². The van der Waals surface area contributed by atoms with E-state index in [-0.39, 0.29) is 17.8 Å². The number of hydrogen-bond donors (Lipinski definition) is 1. The van der Waals surface area contributed by atoms with E-state index < -0.39 is 23.5 Å². The summed E-state index contributed by atoms with van der Waals surface area (Å²) in [5.41, 5.74) is 0.0426. The van der Waals surface area contributed by atoms with E-state index >= 15 is 0 Å². The van der Waals surface area contributed by atoms with Gasteiger partial charge in [-0.3, -0.25) is 9.59 Å². The van der Waals surface area contributed by atoms with Crippen molar-refractivity contribution in [1.29, 1.82) is 0 Å². The highest BCUT2D eigenvalue weighted by molar-refractivity contribution is 6.03.